The maximum atomic E-state index is 13.3. The summed E-state index contributed by atoms with van der Waals surface area (Å²) in [6.45, 7) is 6.21. The highest BCUT2D eigenvalue weighted by Crippen LogP contribution is 2.30. The number of halogens is 1. The second kappa shape index (κ2) is 9.18. The van der Waals surface area contributed by atoms with Crippen molar-refractivity contribution < 1.29 is 4.39 Å². The van der Waals surface area contributed by atoms with E-state index < -0.39 is 0 Å². The van der Waals surface area contributed by atoms with Gasteiger partial charge in [0.05, 0.1) is 12.6 Å². The van der Waals surface area contributed by atoms with Gasteiger partial charge in [-0.15, -0.1) is 16.4 Å². The van der Waals surface area contributed by atoms with Crippen LogP contribution in [-0.2, 0) is 6.54 Å². The van der Waals surface area contributed by atoms with Crippen LogP contribution < -0.4 is 4.90 Å². The van der Waals surface area contributed by atoms with Crippen LogP contribution in [0, 0.1) is 12.7 Å². The highest BCUT2D eigenvalue weighted by Gasteiger charge is 2.30. The molecule has 32 heavy (non-hydrogen) atoms. The highest BCUT2D eigenvalue weighted by atomic mass is 32.1. The largest absolute Gasteiger partial charge is 0.369 e. The molecule has 0 spiro atoms. The number of rotatable bonds is 6. The van der Waals surface area contributed by atoms with E-state index >= 15 is 0 Å². The zero-order chi connectivity index (χ0) is 21.9. The van der Waals surface area contributed by atoms with Crippen LogP contribution in [0.4, 0.5) is 10.1 Å². The van der Waals surface area contributed by atoms with E-state index in [0.717, 1.165) is 37.7 Å². The summed E-state index contributed by atoms with van der Waals surface area (Å²) in [5.74, 6) is 0.655. The van der Waals surface area contributed by atoms with Gasteiger partial charge < -0.3 is 4.90 Å². The molecule has 0 radical (unpaired) electrons. The normalized spacial score (nSPS) is 15.8. The van der Waals surface area contributed by atoms with Crippen molar-refractivity contribution in [3.63, 3.8) is 0 Å². The molecule has 2 aromatic heterocycles. The Labute approximate surface area is 190 Å². The summed E-state index contributed by atoms with van der Waals surface area (Å²) in [5, 5.41) is 14.9. The van der Waals surface area contributed by atoms with E-state index in [-0.39, 0.29) is 11.9 Å². The third-order valence-corrected chi connectivity index (χ3v) is 6.82. The van der Waals surface area contributed by atoms with Crippen molar-refractivity contribution in [3.8, 4) is 0 Å². The van der Waals surface area contributed by atoms with E-state index in [4.69, 9.17) is 0 Å². The molecule has 5 rings (SSSR count). The molecule has 0 N–H and O–H groups in total. The molecule has 0 saturated carbocycles. The quantitative estimate of drug-likeness (QED) is 0.444. The number of aryl methyl sites for hydroxylation is 1. The van der Waals surface area contributed by atoms with Crippen LogP contribution in [0.1, 0.15) is 27.9 Å². The molecule has 1 saturated heterocycles. The van der Waals surface area contributed by atoms with Gasteiger partial charge in [-0.25, -0.2) is 9.07 Å². The van der Waals surface area contributed by atoms with Crippen LogP contribution >= 0.6 is 11.3 Å². The van der Waals surface area contributed by atoms with Crippen LogP contribution in [0.2, 0.25) is 0 Å². The Morgan fingerprint density at radius 2 is 1.72 bits per heavy atom. The maximum absolute atomic E-state index is 13.3. The van der Waals surface area contributed by atoms with Crippen LogP contribution in [0.5, 0.6) is 0 Å². The average Bonchev–Trinajstić information content (AvgIpc) is 3.49. The number of piperazine rings is 1. The molecule has 0 bridgehead atoms. The molecule has 1 aliphatic rings. The van der Waals surface area contributed by atoms with Crippen LogP contribution in [0.3, 0.4) is 0 Å². The predicted molar refractivity (Wildman–Crippen MR) is 124 cm³/mol. The summed E-state index contributed by atoms with van der Waals surface area (Å²) < 4.78 is 15.2. The molecule has 3 heterocycles. The van der Waals surface area contributed by atoms with E-state index in [1.54, 1.807) is 11.3 Å². The summed E-state index contributed by atoms with van der Waals surface area (Å²) in [6.07, 6.45) is 0. The minimum atomic E-state index is -0.204. The van der Waals surface area contributed by atoms with Crippen LogP contribution in [0.25, 0.3) is 0 Å². The second-order valence-electron chi connectivity index (χ2n) is 8.09. The molecule has 1 fully saturated rings. The number of benzene rings is 2. The van der Waals surface area contributed by atoms with E-state index in [9.17, 15) is 4.39 Å². The molecule has 8 heteroatoms. The molecule has 0 aliphatic carbocycles. The van der Waals surface area contributed by atoms with Gasteiger partial charge in [0.25, 0.3) is 0 Å². The van der Waals surface area contributed by atoms with Crippen molar-refractivity contribution in [2.75, 3.05) is 31.1 Å². The Balaban J connectivity index is 1.41. The van der Waals surface area contributed by atoms with E-state index in [1.807, 2.05) is 16.8 Å². The summed E-state index contributed by atoms with van der Waals surface area (Å²) >= 11 is 1.71. The van der Waals surface area contributed by atoms with Gasteiger partial charge in [0.15, 0.2) is 5.82 Å². The smallest absolute Gasteiger partial charge is 0.173 e. The lowest BCUT2D eigenvalue weighted by Gasteiger charge is -2.40. The highest BCUT2D eigenvalue weighted by molar-refractivity contribution is 7.09. The van der Waals surface area contributed by atoms with Gasteiger partial charge in [0.1, 0.15) is 5.82 Å². The van der Waals surface area contributed by atoms with Crippen molar-refractivity contribution in [3.05, 3.63) is 93.7 Å². The molecule has 1 atom stereocenters. The summed E-state index contributed by atoms with van der Waals surface area (Å²) in [5.41, 5.74) is 3.47. The first-order chi connectivity index (χ1) is 15.7. The molecule has 164 valence electrons. The van der Waals surface area contributed by atoms with E-state index in [1.165, 1.54) is 28.1 Å². The first-order valence-electron chi connectivity index (χ1n) is 10.8. The monoisotopic (exact) mass is 448 g/mol. The summed E-state index contributed by atoms with van der Waals surface area (Å²) in [4.78, 5) is 5.97. The lowest BCUT2D eigenvalue weighted by atomic mass is 10.0. The lowest BCUT2D eigenvalue weighted by Crippen LogP contribution is -2.48. The molecule has 0 unspecified atom stereocenters. The minimum absolute atomic E-state index is 0.0269. The second-order valence-corrected chi connectivity index (χ2v) is 9.12. The van der Waals surface area contributed by atoms with Gasteiger partial charge in [-0.2, -0.15) is 0 Å². The Hall–Kier alpha value is -3.10. The molecule has 1 aliphatic heterocycles. The summed E-state index contributed by atoms with van der Waals surface area (Å²) in [6, 6.07) is 19.5. The first kappa shape index (κ1) is 20.8. The molecule has 6 nitrogen and oxygen atoms in total. The number of hydrogen-bond donors (Lipinski definition) is 0. The van der Waals surface area contributed by atoms with Gasteiger partial charge in [0, 0.05) is 36.7 Å². The molecule has 4 aromatic rings. The van der Waals surface area contributed by atoms with Gasteiger partial charge in [-0.1, -0.05) is 35.9 Å². The average molecular weight is 449 g/mol. The number of thiophene rings is 1. The third kappa shape index (κ3) is 4.42. The number of nitrogens with zero attached hydrogens (tertiary/aromatic N) is 6. The van der Waals surface area contributed by atoms with Gasteiger partial charge in [0.2, 0.25) is 0 Å². The molecule has 0 amide bonds. The number of hydrogen-bond acceptors (Lipinski definition) is 6. The van der Waals surface area contributed by atoms with E-state index in [2.05, 4.69) is 74.0 Å². The predicted octanol–water partition coefficient (Wildman–Crippen LogP) is 4.14. The summed E-state index contributed by atoms with van der Waals surface area (Å²) in [7, 11) is 0. The standard InChI is InChI=1S/C24H25FN6S/c1-18-4-6-19(7-5-18)23(24-26-27-28-31(24)17-22-3-2-16-32-22)30-14-12-29(13-15-30)21-10-8-20(25)9-11-21/h2-11,16,23H,12-15,17H2,1H3/t23-/m1/s1. The Bertz CT molecular complexity index is 1130. The number of tetrazole rings is 1. The van der Waals surface area contributed by atoms with Crippen molar-refractivity contribution in [1.29, 1.82) is 0 Å². The fourth-order valence-electron chi connectivity index (χ4n) is 4.23. The van der Waals surface area contributed by atoms with E-state index in [0.29, 0.717) is 6.54 Å². The Morgan fingerprint density at radius 1 is 0.969 bits per heavy atom. The van der Waals surface area contributed by atoms with Gasteiger partial charge in [-0.05, 0) is 58.6 Å². The third-order valence-electron chi connectivity index (χ3n) is 5.95. The van der Waals surface area contributed by atoms with Crippen LogP contribution in [-0.4, -0.2) is 51.3 Å². The molecule has 2 aromatic carbocycles. The zero-order valence-electron chi connectivity index (χ0n) is 17.9. The zero-order valence-corrected chi connectivity index (χ0v) is 18.7. The van der Waals surface area contributed by atoms with Crippen LogP contribution in [0.15, 0.2) is 66.0 Å². The van der Waals surface area contributed by atoms with Crippen molar-refractivity contribution in [1.82, 2.24) is 25.1 Å². The van der Waals surface area contributed by atoms with Crippen molar-refractivity contribution in [2.45, 2.75) is 19.5 Å². The number of aromatic nitrogens is 4. The lowest BCUT2D eigenvalue weighted by molar-refractivity contribution is 0.201. The Kier molecular flexibility index (Phi) is 5.96. The number of anilines is 1. The van der Waals surface area contributed by atoms with Crippen molar-refractivity contribution in [2.24, 2.45) is 0 Å². The SMILES string of the molecule is Cc1ccc([C@H](c2nnnn2Cc2cccs2)N2CCN(c3ccc(F)cc3)CC2)cc1. The fourth-order valence-corrected chi connectivity index (χ4v) is 4.92. The molecular formula is C24H25FN6S. The first-order valence-corrected chi connectivity index (χ1v) is 11.6. The maximum Gasteiger partial charge on any atom is 0.173 e. The minimum Gasteiger partial charge on any atom is -0.369 e. The fraction of sp³-hybridized carbons (Fsp3) is 0.292. The van der Waals surface area contributed by atoms with Gasteiger partial charge in [-0.3, -0.25) is 4.90 Å². The van der Waals surface area contributed by atoms with Gasteiger partial charge >= 0.3 is 0 Å². The molecular weight excluding hydrogens is 423 g/mol. The van der Waals surface area contributed by atoms with Crippen molar-refractivity contribution >= 4 is 17.0 Å². The Morgan fingerprint density at radius 3 is 2.41 bits per heavy atom. The topological polar surface area (TPSA) is 50.1 Å².